The number of carbonyl (C=O) groups excluding carboxylic acids is 2. The van der Waals surface area contributed by atoms with Crippen LogP contribution in [0.25, 0.3) is 0 Å². The Morgan fingerprint density at radius 3 is 2.55 bits per heavy atom. The molecule has 1 fully saturated rings. The first-order valence-electron chi connectivity index (χ1n) is 10.3. The van der Waals surface area contributed by atoms with E-state index in [1.807, 2.05) is 46.7 Å². The van der Waals surface area contributed by atoms with E-state index in [1.54, 1.807) is 0 Å². The second-order valence-electron chi connectivity index (χ2n) is 7.29. The smallest absolute Gasteiger partial charge is 0.237 e. The van der Waals surface area contributed by atoms with Gasteiger partial charge in [-0.1, -0.05) is 49.2 Å². The first kappa shape index (κ1) is 21.4. The number of carbonyl (C=O) groups is 2. The summed E-state index contributed by atoms with van der Waals surface area (Å²) in [6.45, 7) is 2.68. The van der Waals surface area contributed by atoms with E-state index in [0.717, 1.165) is 24.4 Å². The molecule has 3 rings (SSSR count). The van der Waals surface area contributed by atoms with Crippen LogP contribution in [0, 0.1) is 0 Å². The molecule has 2 N–H and O–H groups in total. The minimum absolute atomic E-state index is 0.0949. The van der Waals surface area contributed by atoms with Crippen LogP contribution in [0.4, 0.5) is 5.69 Å². The number of amides is 2. The monoisotopic (exact) mass is 415 g/mol. The molecule has 1 aliphatic rings. The molecular weight excluding hydrogens is 386 g/mol. The van der Waals surface area contributed by atoms with Crippen LogP contribution in [0.5, 0.6) is 0 Å². The predicted molar refractivity (Wildman–Crippen MR) is 115 cm³/mol. The van der Waals surface area contributed by atoms with Gasteiger partial charge in [-0.05, 0) is 31.9 Å². The molecule has 0 saturated heterocycles. The van der Waals surface area contributed by atoms with Gasteiger partial charge in [0.05, 0.1) is 5.75 Å². The number of anilines is 1. The number of hydrogen-bond donors (Lipinski definition) is 1. The summed E-state index contributed by atoms with van der Waals surface area (Å²) < 4.78 is 1.95. The van der Waals surface area contributed by atoms with Crippen molar-refractivity contribution in [3.63, 3.8) is 0 Å². The molecule has 0 radical (unpaired) electrons. The van der Waals surface area contributed by atoms with Crippen molar-refractivity contribution in [2.24, 2.45) is 5.73 Å². The number of nitrogens with zero attached hydrogens (tertiary/aromatic N) is 4. The summed E-state index contributed by atoms with van der Waals surface area (Å²) in [5.74, 6) is 0.774. The van der Waals surface area contributed by atoms with Crippen molar-refractivity contribution in [3.8, 4) is 0 Å². The van der Waals surface area contributed by atoms with Crippen molar-refractivity contribution in [1.29, 1.82) is 0 Å². The Morgan fingerprint density at radius 2 is 1.90 bits per heavy atom. The zero-order chi connectivity index (χ0) is 20.6. The fourth-order valence-corrected chi connectivity index (χ4v) is 4.73. The zero-order valence-electron chi connectivity index (χ0n) is 16.9. The molecule has 0 bridgehead atoms. The van der Waals surface area contributed by atoms with Gasteiger partial charge < -0.3 is 15.2 Å². The van der Waals surface area contributed by atoms with Crippen molar-refractivity contribution in [2.45, 2.75) is 69.6 Å². The lowest BCUT2D eigenvalue weighted by molar-refractivity contribution is -0.118. The van der Waals surface area contributed by atoms with Gasteiger partial charge in [0.25, 0.3) is 0 Å². The zero-order valence-corrected chi connectivity index (χ0v) is 17.7. The van der Waals surface area contributed by atoms with E-state index in [-0.39, 0.29) is 24.3 Å². The molecule has 0 aliphatic heterocycles. The summed E-state index contributed by atoms with van der Waals surface area (Å²) >= 11 is 1.40. The third-order valence-corrected chi connectivity index (χ3v) is 6.22. The number of benzene rings is 1. The van der Waals surface area contributed by atoms with E-state index in [0.29, 0.717) is 23.9 Å². The number of thioether (sulfide) groups is 1. The average Bonchev–Trinajstić information content (AvgIpc) is 3.14. The molecule has 0 spiro atoms. The number of aromatic nitrogens is 3. The Morgan fingerprint density at radius 1 is 1.17 bits per heavy atom. The molecule has 1 aromatic heterocycles. The molecule has 2 aromatic rings. The van der Waals surface area contributed by atoms with Crippen LogP contribution >= 0.6 is 11.8 Å². The second-order valence-corrected chi connectivity index (χ2v) is 8.23. The highest BCUT2D eigenvalue weighted by Gasteiger charge is 2.27. The fraction of sp³-hybridized carbons (Fsp3) is 0.524. The van der Waals surface area contributed by atoms with Crippen LogP contribution in [-0.4, -0.2) is 38.4 Å². The highest BCUT2D eigenvalue weighted by atomic mass is 32.2. The SMILES string of the molecule is CCn1c(CCC(N)=O)nnc1SCC(=O)N(c1ccccc1)C1CCCCC1. The lowest BCUT2D eigenvalue weighted by Gasteiger charge is -2.34. The highest BCUT2D eigenvalue weighted by molar-refractivity contribution is 7.99. The number of nitrogens with two attached hydrogens (primary N) is 1. The third-order valence-electron chi connectivity index (χ3n) is 5.27. The Kier molecular flexibility index (Phi) is 7.69. The Hall–Kier alpha value is -2.35. The van der Waals surface area contributed by atoms with Crippen LogP contribution < -0.4 is 10.6 Å². The van der Waals surface area contributed by atoms with E-state index < -0.39 is 0 Å². The topological polar surface area (TPSA) is 94.1 Å². The minimum Gasteiger partial charge on any atom is -0.370 e. The number of primary amides is 1. The number of para-hydroxylation sites is 1. The summed E-state index contributed by atoms with van der Waals surface area (Å²) in [5, 5.41) is 9.13. The summed E-state index contributed by atoms with van der Waals surface area (Å²) in [6.07, 6.45) is 6.38. The summed E-state index contributed by atoms with van der Waals surface area (Å²) in [4.78, 5) is 26.3. The molecule has 1 heterocycles. The maximum absolute atomic E-state index is 13.2. The Balaban J connectivity index is 1.71. The second kappa shape index (κ2) is 10.4. The summed E-state index contributed by atoms with van der Waals surface area (Å²) in [6, 6.07) is 10.2. The Bertz CT molecular complexity index is 818. The van der Waals surface area contributed by atoms with Crippen molar-refractivity contribution in [2.75, 3.05) is 10.7 Å². The molecule has 1 saturated carbocycles. The van der Waals surface area contributed by atoms with Gasteiger partial charge in [-0.3, -0.25) is 9.59 Å². The predicted octanol–water partition coefficient (Wildman–Crippen LogP) is 3.17. The minimum atomic E-state index is -0.356. The lowest BCUT2D eigenvalue weighted by Crippen LogP contribution is -2.42. The van der Waals surface area contributed by atoms with Crippen LogP contribution in [0.3, 0.4) is 0 Å². The van der Waals surface area contributed by atoms with E-state index in [9.17, 15) is 9.59 Å². The van der Waals surface area contributed by atoms with Gasteiger partial charge in [0.15, 0.2) is 5.16 Å². The van der Waals surface area contributed by atoms with Crippen molar-refractivity contribution >= 4 is 29.3 Å². The van der Waals surface area contributed by atoms with Gasteiger partial charge >= 0.3 is 0 Å². The molecule has 29 heavy (non-hydrogen) atoms. The fourth-order valence-electron chi connectivity index (χ4n) is 3.85. The highest BCUT2D eigenvalue weighted by Crippen LogP contribution is 2.29. The van der Waals surface area contributed by atoms with E-state index >= 15 is 0 Å². The maximum Gasteiger partial charge on any atom is 0.237 e. The first-order chi connectivity index (χ1) is 14.1. The summed E-state index contributed by atoms with van der Waals surface area (Å²) in [5.41, 5.74) is 6.21. The van der Waals surface area contributed by atoms with Gasteiger partial charge in [-0.15, -0.1) is 10.2 Å². The summed E-state index contributed by atoms with van der Waals surface area (Å²) in [7, 11) is 0. The van der Waals surface area contributed by atoms with Crippen molar-refractivity contribution in [3.05, 3.63) is 36.2 Å². The van der Waals surface area contributed by atoms with Gasteiger partial charge in [0, 0.05) is 31.1 Å². The lowest BCUT2D eigenvalue weighted by atomic mass is 9.93. The van der Waals surface area contributed by atoms with Crippen LogP contribution in [0.1, 0.15) is 51.3 Å². The molecule has 1 aliphatic carbocycles. The molecule has 1 aromatic carbocycles. The largest absolute Gasteiger partial charge is 0.370 e. The Labute approximate surface area is 176 Å². The third kappa shape index (κ3) is 5.59. The van der Waals surface area contributed by atoms with Crippen LogP contribution in [0.2, 0.25) is 0 Å². The van der Waals surface area contributed by atoms with Gasteiger partial charge in [0.2, 0.25) is 11.8 Å². The standard InChI is InChI=1S/C21H29N5O2S/c1-2-25-19(14-13-18(22)27)23-24-21(25)29-15-20(28)26(16-9-5-3-6-10-16)17-11-7-4-8-12-17/h3,5-6,9-10,17H,2,4,7-8,11-15H2,1H3,(H2,22,27). The molecule has 8 heteroatoms. The molecular formula is C21H29N5O2S. The molecule has 0 atom stereocenters. The van der Waals surface area contributed by atoms with Crippen molar-refractivity contribution < 1.29 is 9.59 Å². The maximum atomic E-state index is 13.2. The average molecular weight is 416 g/mol. The number of hydrogen-bond acceptors (Lipinski definition) is 5. The van der Waals surface area contributed by atoms with E-state index in [4.69, 9.17) is 5.73 Å². The quantitative estimate of drug-likeness (QED) is 0.635. The molecule has 2 amide bonds. The normalized spacial score (nSPS) is 14.7. The van der Waals surface area contributed by atoms with Gasteiger partial charge in [0.1, 0.15) is 5.82 Å². The van der Waals surface area contributed by atoms with E-state index in [2.05, 4.69) is 10.2 Å². The first-order valence-corrected chi connectivity index (χ1v) is 11.3. The van der Waals surface area contributed by atoms with Gasteiger partial charge in [-0.2, -0.15) is 0 Å². The van der Waals surface area contributed by atoms with Gasteiger partial charge in [-0.25, -0.2) is 0 Å². The number of aryl methyl sites for hydroxylation is 1. The van der Waals surface area contributed by atoms with Crippen LogP contribution in [-0.2, 0) is 22.6 Å². The van der Waals surface area contributed by atoms with Crippen LogP contribution in [0.15, 0.2) is 35.5 Å². The molecule has 0 unspecified atom stereocenters. The van der Waals surface area contributed by atoms with E-state index in [1.165, 1.54) is 31.0 Å². The molecule has 7 nitrogen and oxygen atoms in total. The number of rotatable bonds is 9. The van der Waals surface area contributed by atoms with Crippen molar-refractivity contribution in [1.82, 2.24) is 14.8 Å². The molecule has 156 valence electrons.